The number of methoxy groups -OCH3 is 1. The average molecular weight is 349 g/mol. The minimum atomic E-state index is -1.88. The van der Waals surface area contributed by atoms with E-state index in [9.17, 15) is 0 Å². The maximum absolute atomic E-state index is 6.42. The van der Waals surface area contributed by atoms with Crippen molar-refractivity contribution in [2.75, 3.05) is 7.11 Å². The number of halogens is 2. The first-order valence-electron chi connectivity index (χ1n) is 7.16. The second kappa shape index (κ2) is 7.01. The monoisotopic (exact) mass is 348 g/mol. The fourth-order valence-electron chi connectivity index (χ4n) is 2.03. The molecule has 1 aromatic rings. The van der Waals surface area contributed by atoms with Gasteiger partial charge in [-0.1, -0.05) is 50.0 Å². The minimum Gasteiger partial charge on any atom is -0.411 e. The molecule has 0 radical (unpaired) electrons. The van der Waals surface area contributed by atoms with Crippen molar-refractivity contribution in [2.24, 2.45) is 0 Å². The molecule has 0 aliphatic heterocycles. The number of hydrogen-bond donors (Lipinski definition) is 0. The lowest BCUT2D eigenvalue weighted by molar-refractivity contribution is 0.00306. The van der Waals surface area contributed by atoms with Crippen LogP contribution in [0.15, 0.2) is 18.2 Å². The summed E-state index contributed by atoms with van der Waals surface area (Å²) in [7, 11) is -0.218. The zero-order valence-electron chi connectivity index (χ0n) is 14.0. The maximum atomic E-state index is 6.42. The molecule has 0 saturated heterocycles. The Hall–Kier alpha value is -0.0631. The van der Waals surface area contributed by atoms with Gasteiger partial charge in [0.05, 0.1) is 6.10 Å². The van der Waals surface area contributed by atoms with E-state index in [1.165, 1.54) is 0 Å². The van der Waals surface area contributed by atoms with Crippen LogP contribution in [-0.4, -0.2) is 21.5 Å². The van der Waals surface area contributed by atoms with Gasteiger partial charge in [0.15, 0.2) is 8.32 Å². The van der Waals surface area contributed by atoms with Gasteiger partial charge in [-0.2, -0.15) is 0 Å². The third-order valence-electron chi connectivity index (χ3n) is 4.25. The molecule has 2 atom stereocenters. The molecule has 0 aromatic heterocycles. The van der Waals surface area contributed by atoms with Crippen LogP contribution in [0.1, 0.15) is 39.4 Å². The van der Waals surface area contributed by atoms with Crippen LogP contribution in [-0.2, 0) is 9.16 Å². The predicted molar refractivity (Wildman–Crippen MR) is 94.0 cm³/mol. The van der Waals surface area contributed by atoms with Crippen molar-refractivity contribution in [3.63, 3.8) is 0 Å². The number of ether oxygens (including phenoxy) is 1. The molecule has 0 heterocycles. The first kappa shape index (κ1) is 19.0. The van der Waals surface area contributed by atoms with Crippen LogP contribution in [0, 0.1) is 0 Å². The molecule has 0 spiro atoms. The summed E-state index contributed by atoms with van der Waals surface area (Å²) in [6.07, 6.45) is -0.395. The van der Waals surface area contributed by atoms with Crippen molar-refractivity contribution < 1.29 is 9.16 Å². The van der Waals surface area contributed by atoms with Gasteiger partial charge in [0.1, 0.15) is 6.10 Å². The minimum absolute atomic E-state index is 0.117. The van der Waals surface area contributed by atoms with Crippen molar-refractivity contribution in [3.8, 4) is 0 Å². The standard InChI is InChI=1S/C16H26Cl2O2Si/c1-11(20-21(6,7)16(2,3)4)15(19-5)14-12(17)9-8-10-13(14)18/h8-11,15H,1-7H3/t11-,15+/m0/s1. The fourth-order valence-corrected chi connectivity index (χ4v) is 4.05. The zero-order chi connectivity index (χ0) is 16.4. The third-order valence-corrected chi connectivity index (χ3v) is 9.48. The Kier molecular flexibility index (Phi) is 6.34. The maximum Gasteiger partial charge on any atom is 0.192 e. The smallest absolute Gasteiger partial charge is 0.192 e. The van der Waals surface area contributed by atoms with Gasteiger partial charge in [-0.3, -0.25) is 0 Å². The lowest BCUT2D eigenvalue weighted by Gasteiger charge is -2.40. The summed E-state index contributed by atoms with van der Waals surface area (Å²) in [6, 6.07) is 5.49. The molecule has 21 heavy (non-hydrogen) atoms. The van der Waals surface area contributed by atoms with E-state index in [2.05, 4.69) is 33.9 Å². The first-order valence-corrected chi connectivity index (χ1v) is 10.8. The van der Waals surface area contributed by atoms with E-state index >= 15 is 0 Å². The highest BCUT2D eigenvalue weighted by atomic mass is 35.5. The topological polar surface area (TPSA) is 18.5 Å². The second-order valence-electron chi connectivity index (χ2n) is 6.87. The Morgan fingerprint density at radius 2 is 1.57 bits per heavy atom. The van der Waals surface area contributed by atoms with Gasteiger partial charge < -0.3 is 9.16 Å². The van der Waals surface area contributed by atoms with Gasteiger partial charge in [0.25, 0.3) is 0 Å². The number of rotatable bonds is 5. The molecule has 0 bridgehead atoms. The Labute approximate surface area is 139 Å². The van der Waals surface area contributed by atoms with Crippen molar-refractivity contribution >= 4 is 31.5 Å². The fraction of sp³-hybridized carbons (Fsp3) is 0.625. The molecule has 2 nitrogen and oxygen atoms in total. The van der Waals surface area contributed by atoms with Crippen molar-refractivity contribution in [3.05, 3.63) is 33.8 Å². The van der Waals surface area contributed by atoms with Crippen LogP contribution in [0.5, 0.6) is 0 Å². The molecule has 0 N–H and O–H groups in total. The molecule has 0 saturated carbocycles. The Bertz CT molecular complexity index is 463. The normalized spacial score (nSPS) is 15.9. The highest BCUT2D eigenvalue weighted by Gasteiger charge is 2.40. The van der Waals surface area contributed by atoms with E-state index in [1.54, 1.807) is 7.11 Å². The van der Waals surface area contributed by atoms with E-state index in [-0.39, 0.29) is 17.2 Å². The predicted octanol–water partition coefficient (Wildman–Crippen LogP) is 6.09. The summed E-state index contributed by atoms with van der Waals surface area (Å²) in [5, 5.41) is 1.36. The summed E-state index contributed by atoms with van der Waals surface area (Å²) in [4.78, 5) is 0. The van der Waals surface area contributed by atoms with Crippen molar-refractivity contribution in [1.82, 2.24) is 0 Å². The van der Waals surface area contributed by atoms with Crippen LogP contribution in [0.4, 0.5) is 0 Å². The quantitative estimate of drug-likeness (QED) is 0.599. The summed E-state index contributed by atoms with van der Waals surface area (Å²) in [5.41, 5.74) is 0.801. The van der Waals surface area contributed by atoms with E-state index in [4.69, 9.17) is 32.4 Å². The summed E-state index contributed by atoms with van der Waals surface area (Å²) < 4.78 is 12.1. The summed E-state index contributed by atoms with van der Waals surface area (Å²) in [5.74, 6) is 0. The highest BCUT2D eigenvalue weighted by Crippen LogP contribution is 2.41. The Morgan fingerprint density at radius 1 is 1.10 bits per heavy atom. The molecule has 120 valence electrons. The summed E-state index contributed by atoms with van der Waals surface area (Å²) >= 11 is 12.6. The lowest BCUT2D eigenvalue weighted by atomic mass is 10.1. The van der Waals surface area contributed by atoms with E-state index in [0.717, 1.165) is 5.56 Å². The second-order valence-corrected chi connectivity index (χ2v) is 12.4. The molecule has 0 aliphatic rings. The molecule has 1 rings (SSSR count). The molecule has 0 fully saturated rings. The van der Waals surface area contributed by atoms with Gasteiger partial charge >= 0.3 is 0 Å². The lowest BCUT2D eigenvalue weighted by Crippen LogP contribution is -2.44. The van der Waals surface area contributed by atoms with Crippen LogP contribution in [0.25, 0.3) is 0 Å². The van der Waals surface area contributed by atoms with Crippen molar-refractivity contribution in [2.45, 2.75) is 58.0 Å². The highest BCUT2D eigenvalue weighted by molar-refractivity contribution is 6.74. The molecule has 1 aromatic carbocycles. The molecule has 0 amide bonds. The Balaban J connectivity index is 3.06. The SMILES string of the molecule is CO[C@@H](c1c(Cl)cccc1Cl)[C@H](C)O[Si](C)(C)C(C)(C)C. The van der Waals surface area contributed by atoms with Crippen LogP contribution in [0.3, 0.4) is 0 Å². The molecular formula is C16H26Cl2O2Si. The summed E-state index contributed by atoms with van der Waals surface area (Å²) in [6.45, 7) is 13.1. The zero-order valence-corrected chi connectivity index (χ0v) is 16.5. The largest absolute Gasteiger partial charge is 0.411 e. The van der Waals surface area contributed by atoms with Gasteiger partial charge in [-0.25, -0.2) is 0 Å². The van der Waals surface area contributed by atoms with Crippen molar-refractivity contribution in [1.29, 1.82) is 0 Å². The molecular weight excluding hydrogens is 323 g/mol. The average Bonchev–Trinajstić information content (AvgIpc) is 2.31. The van der Waals surface area contributed by atoms with Gasteiger partial charge in [-0.05, 0) is 37.2 Å². The molecule has 0 aliphatic carbocycles. The van der Waals surface area contributed by atoms with Gasteiger partial charge in [0, 0.05) is 22.7 Å². The molecule has 5 heteroatoms. The van der Waals surface area contributed by atoms with E-state index in [0.29, 0.717) is 10.0 Å². The van der Waals surface area contributed by atoms with E-state index < -0.39 is 8.32 Å². The van der Waals surface area contributed by atoms with Gasteiger partial charge in [0.2, 0.25) is 0 Å². The van der Waals surface area contributed by atoms with Crippen LogP contribution >= 0.6 is 23.2 Å². The first-order chi connectivity index (χ1) is 9.51. The van der Waals surface area contributed by atoms with Gasteiger partial charge in [-0.15, -0.1) is 0 Å². The number of hydrogen-bond acceptors (Lipinski definition) is 2. The third kappa shape index (κ3) is 4.46. The molecule has 0 unspecified atom stereocenters. The number of benzene rings is 1. The van der Waals surface area contributed by atoms with E-state index in [1.807, 2.05) is 25.1 Å². The van der Waals surface area contributed by atoms with Crippen LogP contribution in [0.2, 0.25) is 28.2 Å². The van der Waals surface area contributed by atoms with Crippen LogP contribution < -0.4 is 0 Å². The Morgan fingerprint density at radius 3 is 1.95 bits per heavy atom.